The van der Waals surface area contributed by atoms with E-state index >= 15 is 0 Å². The van der Waals surface area contributed by atoms with Crippen LogP contribution in [-0.4, -0.2) is 22.2 Å². The first-order chi connectivity index (χ1) is 9.69. The molecule has 1 aliphatic rings. The smallest absolute Gasteiger partial charge is 0.221 e. The summed E-state index contributed by atoms with van der Waals surface area (Å²) in [6, 6.07) is 0. The quantitative estimate of drug-likeness (QED) is 0.791. The van der Waals surface area contributed by atoms with Gasteiger partial charge in [-0.2, -0.15) is 0 Å². The third kappa shape index (κ3) is 4.57. The second kappa shape index (κ2) is 6.72. The van der Waals surface area contributed by atoms with E-state index in [0.717, 1.165) is 11.1 Å². The second-order valence-corrected chi connectivity index (χ2v) is 6.00. The van der Waals surface area contributed by atoms with Crippen molar-refractivity contribution >= 4 is 5.90 Å². The van der Waals surface area contributed by atoms with Crippen molar-refractivity contribution in [2.24, 2.45) is 4.99 Å². The van der Waals surface area contributed by atoms with Crippen LogP contribution in [0.15, 0.2) is 65.4 Å². The molecule has 0 amide bonds. The maximum absolute atomic E-state index is 10.3. The fourth-order valence-corrected chi connectivity index (χ4v) is 1.50. The van der Waals surface area contributed by atoms with E-state index in [1.807, 2.05) is 51.2 Å². The van der Waals surface area contributed by atoms with Crippen LogP contribution in [0.2, 0.25) is 0 Å². The Hall–Kier alpha value is -1.87. The molecule has 0 bridgehead atoms. The van der Waals surface area contributed by atoms with Crippen molar-refractivity contribution in [2.45, 2.75) is 45.8 Å². The van der Waals surface area contributed by atoms with Crippen molar-refractivity contribution < 1.29 is 9.84 Å². The average Bonchev–Trinajstić information content (AvgIpc) is 2.34. The molecule has 0 saturated heterocycles. The minimum absolute atomic E-state index is 0.485. The molecule has 0 aliphatic carbocycles. The highest BCUT2D eigenvalue weighted by molar-refractivity contribution is 5.98. The standard InChI is InChI=1S/C18H25NO2/c1-7-8-12-15-14(2)11-9-10-13-19-16(15)21-18(5,6)17(3,4)20/h7-13,20H,1H2,2-6H3/b10-9?,11-9-,12-8-,13-10+,14-11?,15-14+,16-15?,19-13?,19-16+. The SMILES string of the molecule is C=C\C=C/C1=C(C)\C=C/C=C/N=C\1OC(C)(C)C(C)(C)O. The van der Waals surface area contributed by atoms with E-state index in [9.17, 15) is 5.11 Å². The van der Waals surface area contributed by atoms with Crippen LogP contribution in [0.4, 0.5) is 0 Å². The van der Waals surface area contributed by atoms with Crippen molar-refractivity contribution in [1.82, 2.24) is 0 Å². The number of aliphatic imine (C=N–C) groups is 1. The van der Waals surface area contributed by atoms with Gasteiger partial charge < -0.3 is 9.84 Å². The highest BCUT2D eigenvalue weighted by atomic mass is 16.5. The molecule has 1 rings (SSSR count). The van der Waals surface area contributed by atoms with Gasteiger partial charge in [-0.3, -0.25) is 0 Å². The zero-order valence-corrected chi connectivity index (χ0v) is 13.6. The monoisotopic (exact) mass is 287 g/mol. The summed E-state index contributed by atoms with van der Waals surface area (Å²) in [5, 5.41) is 10.3. The Morgan fingerprint density at radius 2 is 1.90 bits per heavy atom. The summed E-state index contributed by atoms with van der Waals surface area (Å²) in [5.74, 6) is 0.485. The first-order valence-corrected chi connectivity index (χ1v) is 7.02. The number of allylic oxidation sites excluding steroid dienone is 6. The summed E-state index contributed by atoms with van der Waals surface area (Å²) in [6.45, 7) is 12.8. The van der Waals surface area contributed by atoms with Crippen LogP contribution in [0.3, 0.4) is 0 Å². The number of nitrogens with zero attached hydrogens (tertiary/aromatic N) is 1. The molecule has 1 N–H and O–H groups in total. The maximum Gasteiger partial charge on any atom is 0.221 e. The van der Waals surface area contributed by atoms with Gasteiger partial charge in [0.05, 0.1) is 5.60 Å². The van der Waals surface area contributed by atoms with Crippen molar-refractivity contribution in [3.8, 4) is 0 Å². The zero-order chi connectivity index (χ0) is 16.1. The highest BCUT2D eigenvalue weighted by Crippen LogP contribution is 2.28. The summed E-state index contributed by atoms with van der Waals surface area (Å²) in [7, 11) is 0. The van der Waals surface area contributed by atoms with E-state index in [-0.39, 0.29) is 0 Å². The van der Waals surface area contributed by atoms with Crippen LogP contribution in [-0.2, 0) is 4.74 Å². The minimum atomic E-state index is -1.00. The van der Waals surface area contributed by atoms with E-state index in [0.29, 0.717) is 5.90 Å². The first-order valence-electron chi connectivity index (χ1n) is 7.02. The molecule has 0 spiro atoms. The lowest BCUT2D eigenvalue weighted by atomic mass is 9.89. The van der Waals surface area contributed by atoms with Crippen LogP contribution in [0.25, 0.3) is 0 Å². The lowest BCUT2D eigenvalue weighted by Crippen LogP contribution is -2.48. The number of hydrogen-bond donors (Lipinski definition) is 1. The number of aliphatic hydroxyl groups is 1. The zero-order valence-electron chi connectivity index (χ0n) is 13.6. The van der Waals surface area contributed by atoms with Gasteiger partial charge in [0.2, 0.25) is 5.90 Å². The maximum atomic E-state index is 10.3. The molecule has 0 fully saturated rings. The van der Waals surface area contributed by atoms with E-state index in [2.05, 4.69) is 11.6 Å². The predicted molar refractivity (Wildman–Crippen MR) is 89.2 cm³/mol. The van der Waals surface area contributed by atoms with E-state index in [1.54, 1.807) is 26.1 Å². The predicted octanol–water partition coefficient (Wildman–Crippen LogP) is 4.09. The second-order valence-electron chi connectivity index (χ2n) is 6.00. The summed E-state index contributed by atoms with van der Waals surface area (Å²) in [5.41, 5.74) is 0.116. The van der Waals surface area contributed by atoms with Crippen molar-refractivity contribution in [1.29, 1.82) is 0 Å². The molecular formula is C18H25NO2. The van der Waals surface area contributed by atoms with Crippen molar-refractivity contribution in [2.75, 3.05) is 0 Å². The number of hydrogen-bond acceptors (Lipinski definition) is 3. The van der Waals surface area contributed by atoms with Crippen LogP contribution >= 0.6 is 0 Å². The highest BCUT2D eigenvalue weighted by Gasteiger charge is 2.38. The molecule has 1 aliphatic heterocycles. The number of ether oxygens (including phenoxy) is 1. The molecule has 0 unspecified atom stereocenters. The fourth-order valence-electron chi connectivity index (χ4n) is 1.50. The van der Waals surface area contributed by atoms with Gasteiger partial charge in [0, 0.05) is 11.8 Å². The normalized spacial score (nSPS) is 25.7. The van der Waals surface area contributed by atoms with Crippen LogP contribution in [0.5, 0.6) is 0 Å². The van der Waals surface area contributed by atoms with Gasteiger partial charge in [-0.25, -0.2) is 4.99 Å². The van der Waals surface area contributed by atoms with Crippen molar-refractivity contribution in [3.63, 3.8) is 0 Å². The molecule has 0 saturated carbocycles. The van der Waals surface area contributed by atoms with Gasteiger partial charge in [-0.15, -0.1) is 0 Å². The Kier molecular flexibility index (Phi) is 5.50. The lowest BCUT2D eigenvalue weighted by Gasteiger charge is -2.37. The molecule has 0 aromatic rings. The molecule has 1 heterocycles. The van der Waals surface area contributed by atoms with Gasteiger partial charge in [0.1, 0.15) is 5.60 Å². The Morgan fingerprint density at radius 1 is 1.24 bits per heavy atom. The number of rotatable bonds is 4. The summed E-state index contributed by atoms with van der Waals surface area (Å²) in [4.78, 5) is 4.37. The van der Waals surface area contributed by atoms with E-state index in [4.69, 9.17) is 4.74 Å². The Morgan fingerprint density at radius 3 is 2.48 bits per heavy atom. The van der Waals surface area contributed by atoms with E-state index < -0.39 is 11.2 Å². The topological polar surface area (TPSA) is 41.8 Å². The minimum Gasteiger partial charge on any atom is -0.468 e. The third-order valence-corrected chi connectivity index (χ3v) is 3.61. The molecule has 3 nitrogen and oxygen atoms in total. The first kappa shape index (κ1) is 17.2. The third-order valence-electron chi connectivity index (χ3n) is 3.61. The molecule has 114 valence electrons. The van der Waals surface area contributed by atoms with Gasteiger partial charge in [0.25, 0.3) is 0 Å². The molecular weight excluding hydrogens is 262 g/mol. The van der Waals surface area contributed by atoms with Gasteiger partial charge in [0.15, 0.2) is 0 Å². The van der Waals surface area contributed by atoms with E-state index in [1.165, 1.54) is 0 Å². The lowest BCUT2D eigenvalue weighted by molar-refractivity contribution is -0.0975. The molecule has 0 aromatic heterocycles. The summed E-state index contributed by atoms with van der Waals surface area (Å²) >= 11 is 0. The molecule has 0 atom stereocenters. The molecule has 0 radical (unpaired) electrons. The Bertz CT molecular complexity index is 538. The summed E-state index contributed by atoms with van der Waals surface area (Å²) in [6.07, 6.45) is 12.9. The van der Waals surface area contributed by atoms with Crippen LogP contribution in [0, 0.1) is 0 Å². The Labute approximate surface area is 127 Å². The van der Waals surface area contributed by atoms with Gasteiger partial charge in [-0.1, -0.05) is 30.9 Å². The molecule has 3 heteroatoms. The fraction of sp³-hybridized carbons (Fsp3) is 0.389. The largest absolute Gasteiger partial charge is 0.468 e. The van der Waals surface area contributed by atoms with Gasteiger partial charge in [-0.05, 0) is 52.3 Å². The van der Waals surface area contributed by atoms with Crippen LogP contribution < -0.4 is 0 Å². The van der Waals surface area contributed by atoms with Crippen molar-refractivity contribution in [3.05, 3.63) is 60.4 Å². The van der Waals surface area contributed by atoms with Crippen LogP contribution in [0.1, 0.15) is 34.6 Å². The Balaban J connectivity index is 3.25. The average molecular weight is 287 g/mol. The summed E-state index contributed by atoms with van der Waals surface area (Å²) < 4.78 is 6.03. The molecule has 21 heavy (non-hydrogen) atoms. The van der Waals surface area contributed by atoms with Gasteiger partial charge >= 0.3 is 0 Å². The molecule has 0 aromatic carbocycles.